The fraction of sp³-hybridized carbons (Fsp3) is 0.429. The third-order valence-electron chi connectivity index (χ3n) is 3.59. The minimum Gasteiger partial charge on any atom is -0.398 e. The van der Waals surface area contributed by atoms with E-state index in [-0.39, 0.29) is 30.6 Å². The van der Waals surface area contributed by atoms with E-state index < -0.39 is 11.8 Å². The second kappa shape index (κ2) is 4.29. The van der Waals surface area contributed by atoms with Gasteiger partial charge >= 0.3 is 0 Å². The molecule has 2 amide bonds. The highest BCUT2D eigenvalue weighted by atomic mass is 16.7. The molecule has 2 aliphatic rings. The monoisotopic (exact) mass is 276 g/mol. The molecular weight excluding hydrogens is 260 g/mol. The molecule has 6 nitrogen and oxygen atoms in total. The van der Waals surface area contributed by atoms with Gasteiger partial charge in [-0.1, -0.05) is 6.07 Å². The number of carbonyl (C=O) groups is 2. The van der Waals surface area contributed by atoms with E-state index >= 15 is 0 Å². The molecule has 6 heteroatoms. The smallest absolute Gasteiger partial charge is 0.264 e. The lowest BCUT2D eigenvalue weighted by Crippen LogP contribution is -2.52. The van der Waals surface area contributed by atoms with Crippen molar-refractivity contribution in [2.75, 3.05) is 18.9 Å². The first-order valence-electron chi connectivity index (χ1n) is 6.45. The molecule has 0 saturated carbocycles. The lowest BCUT2D eigenvalue weighted by atomic mass is 10.1. The van der Waals surface area contributed by atoms with E-state index in [2.05, 4.69) is 0 Å². The van der Waals surface area contributed by atoms with Gasteiger partial charge in [0, 0.05) is 5.69 Å². The van der Waals surface area contributed by atoms with Crippen molar-refractivity contribution in [2.24, 2.45) is 0 Å². The van der Waals surface area contributed by atoms with E-state index in [4.69, 9.17) is 15.2 Å². The number of rotatable bonds is 1. The van der Waals surface area contributed by atoms with E-state index in [1.54, 1.807) is 32.0 Å². The molecule has 1 saturated heterocycles. The van der Waals surface area contributed by atoms with Crippen molar-refractivity contribution in [1.29, 1.82) is 0 Å². The summed E-state index contributed by atoms with van der Waals surface area (Å²) in [6.45, 7) is 4.11. The molecule has 2 N–H and O–H groups in total. The Hall–Kier alpha value is -1.92. The summed E-state index contributed by atoms with van der Waals surface area (Å²) >= 11 is 0. The SMILES string of the molecule is CC1(C)OCC(N2C(=O)c3cccc(N)c3C2=O)CO1. The van der Waals surface area contributed by atoms with Crippen molar-refractivity contribution in [1.82, 2.24) is 4.90 Å². The molecule has 0 spiro atoms. The van der Waals surface area contributed by atoms with Crippen molar-refractivity contribution < 1.29 is 19.1 Å². The zero-order valence-corrected chi connectivity index (χ0v) is 11.4. The molecule has 0 radical (unpaired) electrons. The fourth-order valence-electron chi connectivity index (χ4n) is 2.49. The average Bonchev–Trinajstić information content (AvgIpc) is 2.64. The van der Waals surface area contributed by atoms with Gasteiger partial charge in [0.25, 0.3) is 11.8 Å². The maximum Gasteiger partial charge on any atom is 0.264 e. The number of anilines is 1. The Morgan fingerprint density at radius 1 is 1.20 bits per heavy atom. The summed E-state index contributed by atoms with van der Waals surface area (Å²) in [4.78, 5) is 26.0. The van der Waals surface area contributed by atoms with E-state index in [1.165, 1.54) is 4.90 Å². The molecule has 0 aromatic heterocycles. The molecule has 1 aromatic carbocycles. The highest BCUT2D eigenvalue weighted by Crippen LogP contribution is 2.31. The zero-order valence-electron chi connectivity index (χ0n) is 11.4. The van der Waals surface area contributed by atoms with Crippen molar-refractivity contribution in [2.45, 2.75) is 25.7 Å². The third kappa shape index (κ3) is 1.88. The Balaban J connectivity index is 1.89. The molecule has 0 aliphatic carbocycles. The van der Waals surface area contributed by atoms with Gasteiger partial charge in [-0.25, -0.2) is 0 Å². The first kappa shape index (κ1) is 13.1. The molecule has 2 aliphatic heterocycles. The molecule has 3 rings (SSSR count). The second-order valence-electron chi connectivity index (χ2n) is 5.43. The van der Waals surface area contributed by atoms with Crippen LogP contribution in [0.25, 0.3) is 0 Å². The van der Waals surface area contributed by atoms with Crippen LogP contribution in [-0.4, -0.2) is 41.8 Å². The number of amides is 2. The minimum absolute atomic E-state index is 0.262. The molecule has 2 heterocycles. The van der Waals surface area contributed by atoms with Gasteiger partial charge in [0.1, 0.15) is 0 Å². The number of hydrogen-bond donors (Lipinski definition) is 1. The van der Waals surface area contributed by atoms with Crippen molar-refractivity contribution in [3.8, 4) is 0 Å². The van der Waals surface area contributed by atoms with Crippen LogP contribution in [0, 0.1) is 0 Å². The molecular formula is C14H16N2O4. The van der Waals surface area contributed by atoms with Gasteiger partial charge in [0.15, 0.2) is 5.79 Å². The molecule has 20 heavy (non-hydrogen) atoms. The van der Waals surface area contributed by atoms with Crippen LogP contribution in [0.4, 0.5) is 5.69 Å². The van der Waals surface area contributed by atoms with Gasteiger partial charge in [-0.05, 0) is 26.0 Å². The lowest BCUT2D eigenvalue weighted by Gasteiger charge is -2.37. The summed E-state index contributed by atoms with van der Waals surface area (Å²) in [6, 6.07) is 4.47. The Labute approximate surface area is 116 Å². The van der Waals surface area contributed by atoms with E-state index in [1.807, 2.05) is 0 Å². The maximum atomic E-state index is 12.4. The van der Waals surface area contributed by atoms with Crippen LogP contribution < -0.4 is 5.73 Å². The number of imide groups is 1. The molecule has 1 fully saturated rings. The topological polar surface area (TPSA) is 81.9 Å². The first-order valence-corrected chi connectivity index (χ1v) is 6.45. The number of fused-ring (bicyclic) bond motifs is 1. The molecule has 0 atom stereocenters. The largest absolute Gasteiger partial charge is 0.398 e. The van der Waals surface area contributed by atoms with Crippen LogP contribution in [0.3, 0.4) is 0 Å². The summed E-state index contributed by atoms with van der Waals surface area (Å²) in [5, 5.41) is 0. The van der Waals surface area contributed by atoms with Gasteiger partial charge < -0.3 is 15.2 Å². The quantitative estimate of drug-likeness (QED) is 0.611. The first-order chi connectivity index (χ1) is 9.41. The van der Waals surface area contributed by atoms with E-state index in [9.17, 15) is 9.59 Å². The number of nitrogens with zero attached hydrogens (tertiary/aromatic N) is 1. The maximum absolute atomic E-state index is 12.4. The van der Waals surface area contributed by atoms with E-state index in [0.717, 1.165) is 0 Å². The standard InChI is InChI=1S/C14H16N2O4/c1-14(2)19-6-8(7-20-14)16-12(17)9-4-3-5-10(15)11(9)13(16)18/h3-5,8H,6-7,15H2,1-2H3. The van der Waals surface area contributed by atoms with Crippen molar-refractivity contribution in [3.05, 3.63) is 29.3 Å². The Kier molecular flexibility index (Phi) is 2.81. The van der Waals surface area contributed by atoms with Crippen LogP contribution in [0.15, 0.2) is 18.2 Å². The highest BCUT2D eigenvalue weighted by Gasteiger charge is 2.43. The van der Waals surface area contributed by atoms with Gasteiger partial charge in [0.05, 0.1) is 30.4 Å². The van der Waals surface area contributed by atoms with Gasteiger partial charge in [-0.15, -0.1) is 0 Å². The summed E-state index contributed by atoms with van der Waals surface area (Å²) in [5.74, 6) is -1.40. The Morgan fingerprint density at radius 3 is 2.45 bits per heavy atom. The third-order valence-corrected chi connectivity index (χ3v) is 3.59. The van der Waals surface area contributed by atoms with Gasteiger partial charge in [0.2, 0.25) is 0 Å². The molecule has 0 bridgehead atoms. The average molecular weight is 276 g/mol. The van der Waals surface area contributed by atoms with Crippen LogP contribution in [0.5, 0.6) is 0 Å². The minimum atomic E-state index is -0.686. The zero-order chi connectivity index (χ0) is 14.5. The normalized spacial score (nSPS) is 22.2. The van der Waals surface area contributed by atoms with Crippen LogP contribution in [0.1, 0.15) is 34.6 Å². The predicted molar refractivity (Wildman–Crippen MR) is 71.1 cm³/mol. The number of nitrogens with two attached hydrogens (primary N) is 1. The molecule has 1 aromatic rings. The summed E-state index contributed by atoms with van der Waals surface area (Å²) in [6.07, 6.45) is 0. The predicted octanol–water partition coefficient (Wildman–Crippen LogP) is 1.02. The van der Waals surface area contributed by atoms with Crippen LogP contribution in [0.2, 0.25) is 0 Å². The van der Waals surface area contributed by atoms with Gasteiger partial charge in [-0.3, -0.25) is 14.5 Å². The van der Waals surface area contributed by atoms with Crippen LogP contribution in [-0.2, 0) is 9.47 Å². The number of benzene rings is 1. The highest BCUT2D eigenvalue weighted by molar-refractivity contribution is 6.23. The second-order valence-corrected chi connectivity index (χ2v) is 5.43. The Bertz CT molecular complexity index is 587. The molecule has 0 unspecified atom stereocenters. The number of hydrogen-bond acceptors (Lipinski definition) is 5. The summed E-state index contributed by atoms with van der Waals surface area (Å²) < 4.78 is 11.0. The lowest BCUT2D eigenvalue weighted by molar-refractivity contribution is -0.258. The van der Waals surface area contributed by atoms with Crippen molar-refractivity contribution >= 4 is 17.5 Å². The number of ether oxygens (including phenoxy) is 2. The van der Waals surface area contributed by atoms with E-state index in [0.29, 0.717) is 11.3 Å². The summed E-state index contributed by atoms with van der Waals surface area (Å²) in [7, 11) is 0. The number of carbonyl (C=O) groups excluding carboxylic acids is 2. The van der Waals surface area contributed by atoms with Crippen molar-refractivity contribution in [3.63, 3.8) is 0 Å². The molecule has 106 valence electrons. The summed E-state index contributed by atoms with van der Waals surface area (Å²) in [5.41, 5.74) is 6.74. The Morgan fingerprint density at radius 2 is 1.85 bits per heavy atom. The number of nitrogen functional groups attached to an aromatic ring is 1. The van der Waals surface area contributed by atoms with Crippen LogP contribution >= 0.6 is 0 Å². The fourth-order valence-corrected chi connectivity index (χ4v) is 2.49. The van der Waals surface area contributed by atoms with Gasteiger partial charge in [-0.2, -0.15) is 0 Å².